The summed E-state index contributed by atoms with van der Waals surface area (Å²) >= 11 is 6.04. The Kier molecular flexibility index (Phi) is 5.27. The molecule has 0 unspecified atom stereocenters. The first kappa shape index (κ1) is 21.7. The summed E-state index contributed by atoms with van der Waals surface area (Å²) in [6.45, 7) is 0. The van der Waals surface area contributed by atoms with E-state index in [1.807, 2.05) is 0 Å². The van der Waals surface area contributed by atoms with E-state index in [1.165, 1.54) is 30.7 Å². The summed E-state index contributed by atoms with van der Waals surface area (Å²) in [6, 6.07) is 4.43. The molecule has 33 heavy (non-hydrogen) atoms. The molecule has 0 aliphatic carbocycles. The minimum absolute atomic E-state index is 0.00393. The van der Waals surface area contributed by atoms with Gasteiger partial charge < -0.3 is 14.6 Å². The molecule has 3 aromatic rings. The summed E-state index contributed by atoms with van der Waals surface area (Å²) in [4.78, 5) is 23.0. The fourth-order valence-corrected chi connectivity index (χ4v) is 4.96. The minimum atomic E-state index is -4.55. The first-order chi connectivity index (χ1) is 15.7. The number of benzene rings is 1. The Balaban J connectivity index is 1.40. The maximum absolute atomic E-state index is 14.6. The second kappa shape index (κ2) is 8.02. The van der Waals surface area contributed by atoms with Crippen molar-refractivity contribution in [2.75, 3.05) is 5.32 Å². The number of halogens is 5. The number of hydrogen-bond donors (Lipinski definition) is 1. The molecule has 3 atom stereocenters. The molecule has 2 aromatic heterocycles. The number of fused-ring (bicyclic) bond motifs is 2. The second-order valence-corrected chi connectivity index (χ2v) is 8.46. The standard InChI is InChI=1S/C22H17ClF4N4O2/c23-14-8-11(22(25,26)27)10-29-19(14)30-16-9-12-4-5-17(16)31(12)21(32)13-2-1-3-15(24)18(13)20-28-6-7-33-20/h1-3,6-8,10,12,16-17H,4-5,9H2,(H,29,30)/t12-,16-,17+/m1/s1. The van der Waals surface area contributed by atoms with Crippen molar-refractivity contribution >= 4 is 23.3 Å². The maximum atomic E-state index is 14.6. The van der Waals surface area contributed by atoms with Crippen LogP contribution in [0.1, 0.15) is 35.2 Å². The number of nitrogens with one attached hydrogen (secondary N) is 1. The normalized spacial score (nSPS) is 22.1. The maximum Gasteiger partial charge on any atom is 0.417 e. The van der Waals surface area contributed by atoms with Crippen LogP contribution in [0, 0.1) is 5.82 Å². The summed E-state index contributed by atoms with van der Waals surface area (Å²) in [5.41, 5.74) is -0.801. The largest absolute Gasteiger partial charge is 0.444 e. The molecule has 0 spiro atoms. The van der Waals surface area contributed by atoms with E-state index in [1.54, 1.807) is 4.90 Å². The lowest BCUT2D eigenvalue weighted by Crippen LogP contribution is -2.40. The molecule has 2 saturated heterocycles. The summed E-state index contributed by atoms with van der Waals surface area (Å²) in [6.07, 6.45) is 0.879. The SMILES string of the molecule is O=C(c1cccc(F)c1-c1ncco1)N1[C@@H]2CC[C@H]1[C@H](Nc1ncc(C(F)(F)F)cc1Cl)C2. The van der Waals surface area contributed by atoms with Crippen molar-refractivity contribution < 1.29 is 26.8 Å². The average molecular weight is 481 g/mol. The number of anilines is 1. The van der Waals surface area contributed by atoms with Crippen LogP contribution in [0.15, 0.2) is 47.3 Å². The van der Waals surface area contributed by atoms with Gasteiger partial charge >= 0.3 is 6.18 Å². The van der Waals surface area contributed by atoms with Gasteiger partial charge in [0.25, 0.3) is 5.91 Å². The molecule has 1 amide bonds. The van der Waals surface area contributed by atoms with Gasteiger partial charge in [0.1, 0.15) is 17.9 Å². The van der Waals surface area contributed by atoms with Gasteiger partial charge in [0, 0.05) is 18.3 Å². The first-order valence-electron chi connectivity index (χ1n) is 10.2. The highest BCUT2D eigenvalue weighted by Crippen LogP contribution is 2.42. The fraction of sp³-hybridized carbons (Fsp3) is 0.318. The van der Waals surface area contributed by atoms with Gasteiger partial charge in [-0.15, -0.1) is 0 Å². The van der Waals surface area contributed by atoms with Crippen molar-refractivity contribution in [3.05, 3.63) is 64.9 Å². The van der Waals surface area contributed by atoms with Crippen molar-refractivity contribution in [2.24, 2.45) is 0 Å². The van der Waals surface area contributed by atoms with E-state index >= 15 is 0 Å². The zero-order valence-electron chi connectivity index (χ0n) is 16.9. The topological polar surface area (TPSA) is 71.3 Å². The molecule has 11 heteroatoms. The van der Waals surface area contributed by atoms with E-state index < -0.39 is 17.6 Å². The van der Waals surface area contributed by atoms with Gasteiger partial charge in [-0.05, 0) is 37.5 Å². The number of nitrogens with zero attached hydrogens (tertiary/aromatic N) is 3. The van der Waals surface area contributed by atoms with Crippen LogP contribution >= 0.6 is 11.6 Å². The summed E-state index contributed by atoms with van der Waals surface area (Å²) in [7, 11) is 0. The van der Waals surface area contributed by atoms with Crippen LogP contribution in [0.5, 0.6) is 0 Å². The number of rotatable bonds is 4. The zero-order chi connectivity index (χ0) is 23.3. The third-order valence-corrected chi connectivity index (χ3v) is 6.44. The second-order valence-electron chi connectivity index (χ2n) is 8.05. The fourth-order valence-electron chi connectivity index (χ4n) is 4.74. The lowest BCUT2D eigenvalue weighted by molar-refractivity contribution is -0.137. The Morgan fingerprint density at radius 2 is 2.06 bits per heavy atom. The molecule has 0 radical (unpaired) electrons. The third kappa shape index (κ3) is 3.82. The van der Waals surface area contributed by atoms with Crippen molar-refractivity contribution in [1.29, 1.82) is 0 Å². The predicted octanol–water partition coefficient (Wildman–Crippen LogP) is 5.41. The number of amides is 1. The van der Waals surface area contributed by atoms with Gasteiger partial charge in [0.05, 0.1) is 34.0 Å². The Hall–Kier alpha value is -3.14. The van der Waals surface area contributed by atoms with Crippen LogP contribution in [0.2, 0.25) is 5.02 Å². The highest BCUT2D eigenvalue weighted by Gasteiger charge is 2.49. The smallest absolute Gasteiger partial charge is 0.417 e. The number of aromatic nitrogens is 2. The monoisotopic (exact) mass is 480 g/mol. The Morgan fingerprint density at radius 3 is 2.76 bits per heavy atom. The van der Waals surface area contributed by atoms with Crippen molar-refractivity contribution in [3.8, 4) is 11.5 Å². The van der Waals surface area contributed by atoms with E-state index in [4.69, 9.17) is 16.0 Å². The van der Waals surface area contributed by atoms with Gasteiger partial charge in [-0.1, -0.05) is 17.7 Å². The Morgan fingerprint density at radius 1 is 1.24 bits per heavy atom. The van der Waals surface area contributed by atoms with E-state index in [-0.39, 0.29) is 51.9 Å². The summed E-state index contributed by atoms with van der Waals surface area (Å²) in [5, 5.41) is 2.95. The van der Waals surface area contributed by atoms with Gasteiger partial charge in [-0.3, -0.25) is 4.79 Å². The molecule has 1 N–H and O–H groups in total. The van der Waals surface area contributed by atoms with E-state index in [0.29, 0.717) is 12.8 Å². The molecule has 2 bridgehead atoms. The van der Waals surface area contributed by atoms with Gasteiger partial charge in [0.2, 0.25) is 5.89 Å². The quantitative estimate of drug-likeness (QED) is 0.506. The van der Waals surface area contributed by atoms with E-state index in [0.717, 1.165) is 18.7 Å². The molecule has 2 aliphatic heterocycles. The summed E-state index contributed by atoms with van der Waals surface area (Å²) < 4.78 is 58.5. The predicted molar refractivity (Wildman–Crippen MR) is 111 cm³/mol. The van der Waals surface area contributed by atoms with E-state index in [9.17, 15) is 22.4 Å². The number of pyridine rings is 1. The molecule has 2 aliphatic rings. The third-order valence-electron chi connectivity index (χ3n) is 6.15. The Bertz CT molecular complexity index is 1200. The highest BCUT2D eigenvalue weighted by atomic mass is 35.5. The lowest BCUT2D eigenvalue weighted by atomic mass is 9.95. The lowest BCUT2D eigenvalue weighted by Gasteiger charge is -2.26. The van der Waals surface area contributed by atoms with Gasteiger partial charge in [-0.2, -0.15) is 13.2 Å². The zero-order valence-corrected chi connectivity index (χ0v) is 17.7. The van der Waals surface area contributed by atoms with Crippen LogP contribution in [-0.2, 0) is 6.18 Å². The molecular weight excluding hydrogens is 464 g/mol. The molecule has 172 valence electrons. The van der Waals surface area contributed by atoms with Crippen LogP contribution in [0.25, 0.3) is 11.5 Å². The number of oxazole rings is 1. The molecule has 2 fully saturated rings. The van der Waals surface area contributed by atoms with Crippen molar-refractivity contribution in [1.82, 2.24) is 14.9 Å². The van der Waals surface area contributed by atoms with Gasteiger partial charge in [-0.25, -0.2) is 14.4 Å². The van der Waals surface area contributed by atoms with Crippen LogP contribution in [-0.4, -0.2) is 38.9 Å². The highest BCUT2D eigenvalue weighted by molar-refractivity contribution is 6.33. The number of carbonyl (C=O) groups is 1. The summed E-state index contributed by atoms with van der Waals surface area (Å²) in [5.74, 6) is -0.838. The first-order valence-corrected chi connectivity index (χ1v) is 10.6. The minimum Gasteiger partial charge on any atom is -0.444 e. The van der Waals surface area contributed by atoms with Gasteiger partial charge in [0.15, 0.2) is 0 Å². The van der Waals surface area contributed by atoms with Crippen LogP contribution in [0.3, 0.4) is 0 Å². The van der Waals surface area contributed by atoms with Crippen molar-refractivity contribution in [2.45, 2.75) is 43.6 Å². The molecule has 4 heterocycles. The Labute approximate surface area is 190 Å². The number of carbonyl (C=O) groups excluding carboxylic acids is 1. The molecule has 6 nitrogen and oxygen atoms in total. The van der Waals surface area contributed by atoms with Crippen LogP contribution in [0.4, 0.5) is 23.4 Å². The molecular formula is C22H17ClF4N4O2. The average Bonchev–Trinajstić information content (AvgIpc) is 3.50. The van der Waals surface area contributed by atoms with Crippen LogP contribution < -0.4 is 5.32 Å². The number of hydrogen-bond acceptors (Lipinski definition) is 5. The number of alkyl halides is 3. The molecule has 0 saturated carbocycles. The molecule has 5 rings (SSSR count). The van der Waals surface area contributed by atoms with E-state index in [2.05, 4.69) is 15.3 Å². The molecule has 1 aromatic carbocycles. The van der Waals surface area contributed by atoms with Crippen molar-refractivity contribution in [3.63, 3.8) is 0 Å².